The molecule has 1 atom stereocenters. The predicted octanol–water partition coefficient (Wildman–Crippen LogP) is 2.23. The normalized spacial score (nSPS) is 20.5. The molecule has 0 aromatic heterocycles. The molecule has 78 valence electrons. The van der Waals surface area contributed by atoms with E-state index in [-0.39, 0.29) is 16.4 Å². The van der Waals surface area contributed by atoms with Crippen molar-refractivity contribution in [3.8, 4) is 0 Å². The van der Waals surface area contributed by atoms with Crippen molar-refractivity contribution in [1.82, 2.24) is 5.32 Å². The molecule has 1 saturated heterocycles. The maximum atomic E-state index is 11.3. The van der Waals surface area contributed by atoms with Crippen molar-refractivity contribution in [3.63, 3.8) is 0 Å². The molecule has 0 aliphatic carbocycles. The molecule has 1 aromatic rings. The van der Waals surface area contributed by atoms with Crippen molar-refractivity contribution < 1.29 is 9.59 Å². The zero-order chi connectivity index (χ0) is 10.8. The highest BCUT2D eigenvalue weighted by Gasteiger charge is 2.31. The van der Waals surface area contributed by atoms with Gasteiger partial charge in [0.1, 0.15) is 0 Å². The molecule has 1 heterocycles. The third kappa shape index (κ3) is 2.33. The molecule has 1 fully saturated rings. The van der Waals surface area contributed by atoms with E-state index in [4.69, 9.17) is 11.6 Å². The van der Waals surface area contributed by atoms with Crippen LogP contribution >= 0.6 is 23.4 Å². The average molecular weight is 242 g/mol. The number of hydrogen-bond donors (Lipinski definition) is 1. The van der Waals surface area contributed by atoms with Crippen molar-refractivity contribution in [3.05, 3.63) is 34.9 Å². The smallest absolute Gasteiger partial charge is 0.286 e. The van der Waals surface area contributed by atoms with E-state index in [1.807, 2.05) is 18.2 Å². The van der Waals surface area contributed by atoms with Crippen molar-refractivity contribution in [2.24, 2.45) is 0 Å². The number of thioether (sulfide) groups is 1. The fourth-order valence-electron chi connectivity index (χ4n) is 1.39. The summed E-state index contributed by atoms with van der Waals surface area (Å²) >= 11 is 6.98. The Labute approximate surface area is 96.2 Å². The van der Waals surface area contributed by atoms with Crippen molar-refractivity contribution in [2.75, 3.05) is 0 Å². The molecule has 1 N–H and O–H groups in total. The molecule has 1 unspecified atom stereocenters. The summed E-state index contributed by atoms with van der Waals surface area (Å²) < 4.78 is 0. The fraction of sp³-hybridized carbons (Fsp3) is 0.200. The van der Waals surface area contributed by atoms with Crippen LogP contribution in [0.15, 0.2) is 24.3 Å². The summed E-state index contributed by atoms with van der Waals surface area (Å²) in [5.41, 5.74) is 0.890. The zero-order valence-corrected chi connectivity index (χ0v) is 9.27. The first-order valence-electron chi connectivity index (χ1n) is 4.41. The van der Waals surface area contributed by atoms with E-state index in [2.05, 4.69) is 5.32 Å². The summed E-state index contributed by atoms with van der Waals surface area (Å²) in [5, 5.41) is 2.25. The van der Waals surface area contributed by atoms with Crippen LogP contribution in [0.1, 0.15) is 5.56 Å². The fourth-order valence-corrected chi connectivity index (χ4v) is 2.45. The van der Waals surface area contributed by atoms with E-state index in [9.17, 15) is 9.59 Å². The Hall–Kier alpha value is -1.000. The Morgan fingerprint density at radius 1 is 1.33 bits per heavy atom. The predicted molar refractivity (Wildman–Crippen MR) is 60.1 cm³/mol. The number of rotatable bonds is 2. The summed E-state index contributed by atoms with van der Waals surface area (Å²) in [4.78, 5) is 22.2. The van der Waals surface area contributed by atoms with Gasteiger partial charge in [0, 0.05) is 5.02 Å². The van der Waals surface area contributed by atoms with Crippen LogP contribution in [-0.2, 0) is 11.2 Å². The Morgan fingerprint density at radius 2 is 2.07 bits per heavy atom. The van der Waals surface area contributed by atoms with Gasteiger partial charge in [-0.05, 0) is 18.1 Å². The maximum absolute atomic E-state index is 11.3. The van der Waals surface area contributed by atoms with E-state index in [0.29, 0.717) is 11.4 Å². The van der Waals surface area contributed by atoms with Crippen LogP contribution < -0.4 is 5.32 Å². The van der Waals surface area contributed by atoms with E-state index in [0.717, 1.165) is 17.3 Å². The Bertz CT molecular complexity index is 422. The van der Waals surface area contributed by atoms with Crippen LogP contribution in [0.2, 0.25) is 5.02 Å². The lowest BCUT2D eigenvalue weighted by Crippen LogP contribution is -2.25. The number of carbonyl (C=O) groups is 2. The first-order valence-corrected chi connectivity index (χ1v) is 5.67. The summed E-state index contributed by atoms with van der Waals surface area (Å²) in [5.74, 6) is -0.232. The lowest BCUT2D eigenvalue weighted by molar-refractivity contribution is -0.118. The number of halogens is 1. The minimum atomic E-state index is -0.350. The van der Waals surface area contributed by atoms with Crippen molar-refractivity contribution in [1.29, 1.82) is 0 Å². The highest BCUT2D eigenvalue weighted by Crippen LogP contribution is 2.25. The molecule has 0 bridgehead atoms. The van der Waals surface area contributed by atoms with Crippen molar-refractivity contribution >= 4 is 34.5 Å². The summed E-state index contributed by atoms with van der Waals surface area (Å²) in [6.45, 7) is 0. The van der Waals surface area contributed by atoms with Crippen LogP contribution in [0.25, 0.3) is 0 Å². The van der Waals surface area contributed by atoms with Gasteiger partial charge in [0.2, 0.25) is 5.91 Å². The number of imide groups is 1. The van der Waals surface area contributed by atoms with Crippen LogP contribution in [0.4, 0.5) is 4.79 Å². The summed E-state index contributed by atoms with van der Waals surface area (Å²) in [6, 6.07) is 7.33. The van der Waals surface area contributed by atoms with Crippen LogP contribution in [0, 0.1) is 0 Å². The summed E-state index contributed by atoms with van der Waals surface area (Å²) in [7, 11) is 0. The van der Waals surface area contributed by atoms with Crippen LogP contribution in [0.3, 0.4) is 0 Å². The number of hydrogen-bond acceptors (Lipinski definition) is 3. The molecule has 2 amide bonds. The molecule has 15 heavy (non-hydrogen) atoms. The maximum Gasteiger partial charge on any atom is 0.286 e. The number of nitrogens with one attached hydrogen (secondary N) is 1. The van der Waals surface area contributed by atoms with Crippen molar-refractivity contribution in [2.45, 2.75) is 11.7 Å². The molecule has 0 spiro atoms. The van der Waals surface area contributed by atoms with Gasteiger partial charge in [-0.3, -0.25) is 14.9 Å². The first kappa shape index (κ1) is 10.5. The first-order chi connectivity index (χ1) is 7.16. The largest absolute Gasteiger partial charge is 0.286 e. The Morgan fingerprint density at radius 3 is 2.67 bits per heavy atom. The number of benzene rings is 1. The van der Waals surface area contributed by atoms with E-state index < -0.39 is 0 Å². The quantitative estimate of drug-likeness (QED) is 0.864. The molecule has 3 nitrogen and oxygen atoms in total. The molecule has 1 aliphatic heterocycles. The average Bonchev–Trinajstić information content (AvgIpc) is 2.49. The summed E-state index contributed by atoms with van der Waals surface area (Å²) in [6.07, 6.45) is 0.488. The molecule has 0 saturated carbocycles. The van der Waals surface area contributed by atoms with Gasteiger partial charge >= 0.3 is 0 Å². The second kappa shape index (κ2) is 4.24. The number of carbonyl (C=O) groups excluding carboxylic acids is 2. The molecule has 1 aromatic carbocycles. The van der Waals surface area contributed by atoms with Crippen LogP contribution in [0.5, 0.6) is 0 Å². The lowest BCUT2D eigenvalue weighted by atomic mass is 10.1. The Balaban J connectivity index is 2.13. The van der Waals surface area contributed by atoms with E-state index in [1.165, 1.54) is 0 Å². The second-order valence-corrected chi connectivity index (χ2v) is 4.76. The van der Waals surface area contributed by atoms with Gasteiger partial charge in [-0.2, -0.15) is 0 Å². The minimum absolute atomic E-state index is 0.232. The Kier molecular flexibility index (Phi) is 2.98. The van der Waals surface area contributed by atoms with Gasteiger partial charge in [-0.15, -0.1) is 0 Å². The molecule has 2 rings (SSSR count). The van der Waals surface area contributed by atoms with E-state index >= 15 is 0 Å². The van der Waals surface area contributed by atoms with E-state index in [1.54, 1.807) is 6.07 Å². The zero-order valence-electron chi connectivity index (χ0n) is 7.70. The molecule has 0 radical (unpaired) electrons. The third-order valence-electron chi connectivity index (χ3n) is 2.13. The van der Waals surface area contributed by atoms with Gasteiger partial charge in [0.15, 0.2) is 0 Å². The third-order valence-corrected chi connectivity index (χ3v) is 3.48. The second-order valence-electron chi connectivity index (χ2n) is 3.18. The topological polar surface area (TPSA) is 46.2 Å². The monoisotopic (exact) mass is 241 g/mol. The van der Waals surface area contributed by atoms with Gasteiger partial charge in [-0.1, -0.05) is 41.6 Å². The van der Waals surface area contributed by atoms with Gasteiger partial charge in [0.25, 0.3) is 5.24 Å². The highest BCUT2D eigenvalue weighted by molar-refractivity contribution is 8.15. The molecule has 5 heteroatoms. The molecular formula is C10H8ClNO2S. The van der Waals surface area contributed by atoms with Gasteiger partial charge in [-0.25, -0.2) is 0 Å². The lowest BCUT2D eigenvalue weighted by Gasteiger charge is -2.06. The van der Waals surface area contributed by atoms with Gasteiger partial charge in [0.05, 0.1) is 5.25 Å². The van der Waals surface area contributed by atoms with Gasteiger partial charge < -0.3 is 0 Å². The highest BCUT2D eigenvalue weighted by atomic mass is 35.5. The molecular weight excluding hydrogens is 234 g/mol. The molecule has 1 aliphatic rings. The number of amides is 2. The SMILES string of the molecule is O=C1NC(=O)C(Cc2ccccc2Cl)S1. The standard InChI is InChI=1S/C10H8ClNO2S/c11-7-4-2-1-3-6(7)5-8-9(13)12-10(14)15-8/h1-4,8H,5H2,(H,12,13,14). The minimum Gasteiger partial charge on any atom is -0.286 e. The van der Waals surface area contributed by atoms with Crippen LogP contribution in [-0.4, -0.2) is 16.4 Å².